The molecule has 1 heterocycles. The number of hydrogen-bond donors (Lipinski definition) is 1. The largest absolute Gasteiger partial charge is 0.416 e. The van der Waals surface area contributed by atoms with Gasteiger partial charge >= 0.3 is 6.18 Å². The summed E-state index contributed by atoms with van der Waals surface area (Å²) in [5, 5.41) is 0.526. The van der Waals surface area contributed by atoms with E-state index in [-0.39, 0.29) is 0 Å². The number of aromatic nitrogens is 1. The Labute approximate surface area is 127 Å². The summed E-state index contributed by atoms with van der Waals surface area (Å²) in [5.74, 6) is 1.52. The smallest absolute Gasteiger partial charge is 0.375 e. The van der Waals surface area contributed by atoms with Crippen LogP contribution in [0.4, 0.5) is 18.3 Å². The highest BCUT2D eigenvalue weighted by Gasteiger charge is 2.30. The van der Waals surface area contributed by atoms with Crippen molar-refractivity contribution < 1.29 is 13.2 Å². The first-order valence-corrected chi connectivity index (χ1v) is 8.38. The van der Waals surface area contributed by atoms with Crippen molar-refractivity contribution in [2.75, 3.05) is 17.2 Å². The Hall–Kier alpha value is -0.860. The van der Waals surface area contributed by atoms with E-state index in [1.54, 1.807) is 24.0 Å². The van der Waals surface area contributed by atoms with Crippen molar-refractivity contribution in [3.63, 3.8) is 0 Å². The minimum absolute atomic E-state index is 0.526. The Morgan fingerprint density at radius 1 is 1.20 bits per heavy atom. The van der Waals surface area contributed by atoms with Gasteiger partial charge in [-0.25, -0.2) is 4.98 Å². The molecule has 2 nitrogen and oxygen atoms in total. The number of thiazole rings is 1. The van der Waals surface area contributed by atoms with Crippen LogP contribution in [0.2, 0.25) is 0 Å². The average molecular weight is 336 g/mol. The summed E-state index contributed by atoms with van der Waals surface area (Å²) in [6.45, 7) is 0. The minimum atomic E-state index is -4.29. The molecule has 2 rings (SSSR count). The molecule has 1 aromatic carbocycles. The molecule has 8 heteroatoms. The highest BCUT2D eigenvalue weighted by atomic mass is 32.2. The van der Waals surface area contributed by atoms with Crippen molar-refractivity contribution in [1.82, 2.24) is 4.98 Å². The lowest BCUT2D eigenvalue weighted by atomic mass is 10.2. The van der Waals surface area contributed by atoms with Crippen LogP contribution in [-0.2, 0) is 6.18 Å². The zero-order chi connectivity index (χ0) is 14.6. The number of rotatable bonds is 5. The first-order chi connectivity index (χ1) is 9.45. The molecule has 0 amide bonds. The molecule has 0 unspecified atom stereocenters. The Kier molecular flexibility index (Phi) is 5.22. The maximum absolute atomic E-state index is 12.5. The molecule has 0 aliphatic rings. The number of nitrogens with zero attached hydrogens (tertiary/aromatic N) is 1. The predicted molar refractivity (Wildman–Crippen MR) is 79.4 cm³/mol. The molecule has 0 aliphatic heterocycles. The average Bonchev–Trinajstić information content (AvgIpc) is 2.80. The third-order valence-corrected chi connectivity index (χ3v) is 5.54. The van der Waals surface area contributed by atoms with Crippen LogP contribution in [0.3, 0.4) is 0 Å². The molecule has 0 atom stereocenters. The lowest BCUT2D eigenvalue weighted by molar-refractivity contribution is -0.137. The highest BCUT2D eigenvalue weighted by Crippen LogP contribution is 2.32. The predicted octanol–water partition coefficient (Wildman–Crippen LogP) is 4.63. The topological polar surface area (TPSA) is 38.9 Å². The van der Waals surface area contributed by atoms with Crippen LogP contribution in [0, 0.1) is 0 Å². The van der Waals surface area contributed by atoms with Gasteiger partial charge < -0.3 is 5.73 Å². The summed E-state index contributed by atoms with van der Waals surface area (Å²) in [7, 11) is 0. The summed E-state index contributed by atoms with van der Waals surface area (Å²) >= 11 is 4.42. The SMILES string of the molecule is Nc1ncc(SCCSc2cccc(C(F)(F)F)c2)s1. The fraction of sp³-hybridized carbons (Fsp3) is 0.250. The van der Waals surface area contributed by atoms with Gasteiger partial charge in [-0.05, 0) is 18.2 Å². The van der Waals surface area contributed by atoms with E-state index in [0.717, 1.165) is 21.8 Å². The summed E-state index contributed by atoms with van der Waals surface area (Å²) in [5.41, 5.74) is 4.91. The molecule has 0 saturated carbocycles. The van der Waals surface area contributed by atoms with Gasteiger partial charge in [0.1, 0.15) is 0 Å². The van der Waals surface area contributed by atoms with E-state index in [4.69, 9.17) is 5.73 Å². The summed E-state index contributed by atoms with van der Waals surface area (Å²) in [4.78, 5) is 4.56. The van der Waals surface area contributed by atoms with Crippen molar-refractivity contribution in [3.8, 4) is 0 Å². The van der Waals surface area contributed by atoms with Crippen LogP contribution >= 0.6 is 34.9 Å². The van der Waals surface area contributed by atoms with E-state index in [2.05, 4.69) is 4.98 Å². The molecule has 108 valence electrons. The maximum atomic E-state index is 12.5. The van der Waals surface area contributed by atoms with Crippen molar-refractivity contribution in [2.24, 2.45) is 0 Å². The molecule has 1 aromatic heterocycles. The summed E-state index contributed by atoms with van der Waals surface area (Å²) in [6.07, 6.45) is -2.58. The van der Waals surface area contributed by atoms with Crippen LogP contribution in [0.15, 0.2) is 39.6 Å². The molecule has 2 N–H and O–H groups in total. The number of anilines is 1. The number of hydrogen-bond acceptors (Lipinski definition) is 5. The second-order valence-electron chi connectivity index (χ2n) is 3.74. The van der Waals surface area contributed by atoms with Crippen molar-refractivity contribution in [1.29, 1.82) is 0 Å². The molecule has 0 aliphatic carbocycles. The van der Waals surface area contributed by atoms with Gasteiger partial charge in [-0.15, -0.1) is 23.5 Å². The van der Waals surface area contributed by atoms with Gasteiger partial charge in [0.2, 0.25) is 0 Å². The molecule has 2 aromatic rings. The third-order valence-electron chi connectivity index (χ3n) is 2.26. The number of alkyl halides is 3. The van der Waals surface area contributed by atoms with Gasteiger partial charge in [-0.2, -0.15) is 13.2 Å². The highest BCUT2D eigenvalue weighted by molar-refractivity contribution is 8.04. The molecule has 0 spiro atoms. The lowest BCUT2D eigenvalue weighted by Crippen LogP contribution is -2.04. The van der Waals surface area contributed by atoms with Crippen LogP contribution < -0.4 is 5.73 Å². The van der Waals surface area contributed by atoms with E-state index < -0.39 is 11.7 Å². The van der Waals surface area contributed by atoms with Crippen LogP contribution in [-0.4, -0.2) is 16.5 Å². The monoisotopic (exact) mass is 336 g/mol. The fourth-order valence-electron chi connectivity index (χ4n) is 1.40. The minimum Gasteiger partial charge on any atom is -0.375 e. The Bertz CT molecular complexity index is 569. The first-order valence-electron chi connectivity index (χ1n) is 5.59. The zero-order valence-corrected chi connectivity index (χ0v) is 12.6. The normalized spacial score (nSPS) is 11.8. The molecule has 20 heavy (non-hydrogen) atoms. The first kappa shape index (κ1) is 15.5. The molecule has 0 fully saturated rings. The van der Waals surface area contributed by atoms with Crippen LogP contribution in [0.25, 0.3) is 0 Å². The second-order valence-corrected chi connectivity index (χ2v) is 7.37. The molecule has 0 bridgehead atoms. The Balaban J connectivity index is 1.82. The molecule has 0 saturated heterocycles. The quantitative estimate of drug-likeness (QED) is 0.638. The number of thioether (sulfide) groups is 2. The van der Waals surface area contributed by atoms with Gasteiger partial charge in [-0.3, -0.25) is 0 Å². The number of nitrogens with two attached hydrogens (primary N) is 1. The van der Waals surface area contributed by atoms with Gasteiger partial charge in [0.15, 0.2) is 5.13 Å². The third kappa shape index (κ3) is 4.60. The second kappa shape index (κ2) is 6.73. The number of benzene rings is 1. The van der Waals surface area contributed by atoms with E-state index in [1.807, 2.05) is 0 Å². The summed E-state index contributed by atoms with van der Waals surface area (Å²) in [6, 6.07) is 5.39. The van der Waals surface area contributed by atoms with Gasteiger partial charge in [0, 0.05) is 16.4 Å². The zero-order valence-electron chi connectivity index (χ0n) is 10.2. The van der Waals surface area contributed by atoms with Crippen molar-refractivity contribution >= 4 is 40.0 Å². The Morgan fingerprint density at radius 3 is 2.60 bits per heavy atom. The van der Waals surface area contributed by atoms with E-state index in [9.17, 15) is 13.2 Å². The van der Waals surface area contributed by atoms with Crippen LogP contribution in [0.5, 0.6) is 0 Å². The van der Waals surface area contributed by atoms with Crippen molar-refractivity contribution in [2.45, 2.75) is 15.3 Å². The van der Waals surface area contributed by atoms with E-state index in [0.29, 0.717) is 10.0 Å². The molecule has 0 radical (unpaired) electrons. The molecular formula is C12H11F3N2S3. The van der Waals surface area contributed by atoms with Gasteiger partial charge in [-0.1, -0.05) is 17.4 Å². The number of halogens is 3. The molecular weight excluding hydrogens is 325 g/mol. The van der Waals surface area contributed by atoms with Crippen LogP contribution in [0.1, 0.15) is 5.56 Å². The number of nitrogen functional groups attached to an aromatic ring is 1. The Morgan fingerprint density at radius 2 is 1.95 bits per heavy atom. The standard InChI is InChI=1S/C12H11F3N2S3/c13-12(14,15)8-2-1-3-9(6-8)18-4-5-19-10-7-17-11(16)20-10/h1-3,6-7H,4-5H2,(H2,16,17). The maximum Gasteiger partial charge on any atom is 0.416 e. The lowest BCUT2D eigenvalue weighted by Gasteiger charge is -2.08. The summed E-state index contributed by atoms with van der Waals surface area (Å²) < 4.78 is 38.7. The van der Waals surface area contributed by atoms with E-state index in [1.165, 1.54) is 35.2 Å². The fourth-order valence-corrected chi connectivity index (χ4v) is 4.18. The van der Waals surface area contributed by atoms with Gasteiger partial charge in [0.25, 0.3) is 0 Å². The van der Waals surface area contributed by atoms with Crippen molar-refractivity contribution in [3.05, 3.63) is 36.0 Å². The van der Waals surface area contributed by atoms with Gasteiger partial charge in [0.05, 0.1) is 16.0 Å². The van der Waals surface area contributed by atoms with E-state index >= 15 is 0 Å².